The van der Waals surface area contributed by atoms with Crippen LogP contribution in [0.4, 0.5) is 0 Å². The molecule has 4 heteroatoms. The molecular weight excluding hydrogens is 400 g/mol. The molecule has 3 aromatic carbocycles. The lowest BCUT2D eigenvalue weighted by Crippen LogP contribution is -2.13. The van der Waals surface area contributed by atoms with Crippen molar-refractivity contribution in [2.45, 2.75) is 39.7 Å². The SMILES string of the molecule is COc1ccc(/C=C/C(=O)c2cccc(O)c2)cc1COc1cc(C)ccc1C(C)(C)C. The van der Waals surface area contributed by atoms with Gasteiger partial charge in [0.2, 0.25) is 0 Å². The smallest absolute Gasteiger partial charge is 0.185 e. The summed E-state index contributed by atoms with van der Waals surface area (Å²) in [5.74, 6) is 1.48. The van der Waals surface area contributed by atoms with Gasteiger partial charge in [-0.1, -0.05) is 57.2 Å². The third-order valence-electron chi connectivity index (χ3n) is 5.19. The van der Waals surface area contributed by atoms with E-state index in [4.69, 9.17) is 9.47 Å². The van der Waals surface area contributed by atoms with Crippen molar-refractivity contribution >= 4 is 11.9 Å². The number of phenols is 1. The number of phenolic OH excluding ortho intramolecular Hbond substituents is 1. The van der Waals surface area contributed by atoms with E-state index < -0.39 is 0 Å². The highest BCUT2D eigenvalue weighted by molar-refractivity contribution is 6.07. The van der Waals surface area contributed by atoms with Crippen molar-refractivity contribution in [3.8, 4) is 17.2 Å². The molecule has 0 aliphatic rings. The van der Waals surface area contributed by atoms with E-state index in [0.717, 1.165) is 33.8 Å². The van der Waals surface area contributed by atoms with Crippen molar-refractivity contribution in [3.63, 3.8) is 0 Å². The van der Waals surface area contributed by atoms with Crippen LogP contribution in [-0.4, -0.2) is 18.0 Å². The molecular formula is C28H30O4. The van der Waals surface area contributed by atoms with Crippen molar-refractivity contribution in [1.29, 1.82) is 0 Å². The van der Waals surface area contributed by atoms with Crippen molar-refractivity contribution in [3.05, 3.63) is 94.6 Å². The largest absolute Gasteiger partial charge is 0.508 e. The maximum Gasteiger partial charge on any atom is 0.185 e. The zero-order valence-electron chi connectivity index (χ0n) is 19.3. The average molecular weight is 431 g/mol. The number of carbonyl (C=O) groups excluding carboxylic acids is 1. The van der Waals surface area contributed by atoms with Gasteiger partial charge in [0, 0.05) is 11.1 Å². The van der Waals surface area contributed by atoms with E-state index in [0.29, 0.717) is 12.2 Å². The zero-order valence-corrected chi connectivity index (χ0v) is 19.3. The fourth-order valence-electron chi connectivity index (χ4n) is 3.47. The number of benzene rings is 3. The van der Waals surface area contributed by atoms with Crippen LogP contribution in [-0.2, 0) is 12.0 Å². The third-order valence-corrected chi connectivity index (χ3v) is 5.19. The van der Waals surface area contributed by atoms with Gasteiger partial charge in [0.1, 0.15) is 23.9 Å². The Bertz CT molecular complexity index is 1140. The topological polar surface area (TPSA) is 55.8 Å². The number of aromatic hydroxyl groups is 1. The number of ether oxygens (including phenoxy) is 2. The Hall–Kier alpha value is -3.53. The summed E-state index contributed by atoms with van der Waals surface area (Å²) in [7, 11) is 1.63. The van der Waals surface area contributed by atoms with Crippen molar-refractivity contribution < 1.29 is 19.4 Å². The molecule has 0 saturated carbocycles. The molecule has 0 aliphatic carbocycles. The van der Waals surface area contributed by atoms with Crippen LogP contribution in [0.2, 0.25) is 0 Å². The van der Waals surface area contributed by atoms with Crippen LogP contribution >= 0.6 is 0 Å². The van der Waals surface area contributed by atoms with Crippen LogP contribution in [0.3, 0.4) is 0 Å². The quantitative estimate of drug-likeness (QED) is 0.344. The van der Waals surface area contributed by atoms with Crippen LogP contribution in [0.15, 0.2) is 66.7 Å². The second-order valence-corrected chi connectivity index (χ2v) is 8.86. The predicted octanol–water partition coefficient (Wildman–Crippen LogP) is 6.48. The molecule has 0 amide bonds. The molecule has 166 valence electrons. The summed E-state index contributed by atoms with van der Waals surface area (Å²) in [6.07, 6.45) is 3.25. The number of allylic oxidation sites excluding steroid dienone is 1. The minimum Gasteiger partial charge on any atom is -0.508 e. The molecule has 0 aromatic heterocycles. The standard InChI is InChI=1S/C28H30O4/c1-19-9-12-24(28(2,3)4)27(15-19)32-18-22-16-20(11-14-26(22)31-5)10-13-25(30)21-7-6-8-23(29)17-21/h6-17,29H,18H2,1-5H3/b13-10+. The lowest BCUT2D eigenvalue weighted by atomic mass is 9.86. The highest BCUT2D eigenvalue weighted by Gasteiger charge is 2.19. The Morgan fingerprint density at radius 1 is 1.00 bits per heavy atom. The number of hydrogen-bond acceptors (Lipinski definition) is 4. The predicted molar refractivity (Wildman–Crippen MR) is 129 cm³/mol. The monoisotopic (exact) mass is 430 g/mol. The Labute approximate surface area is 190 Å². The number of hydrogen-bond donors (Lipinski definition) is 1. The molecule has 0 unspecified atom stereocenters. The van der Waals surface area contributed by atoms with E-state index in [-0.39, 0.29) is 16.9 Å². The zero-order chi connectivity index (χ0) is 23.3. The maximum atomic E-state index is 12.4. The first-order valence-electron chi connectivity index (χ1n) is 10.6. The van der Waals surface area contributed by atoms with Gasteiger partial charge in [-0.2, -0.15) is 0 Å². The van der Waals surface area contributed by atoms with Crippen LogP contribution < -0.4 is 9.47 Å². The molecule has 4 nitrogen and oxygen atoms in total. The Balaban J connectivity index is 1.82. The molecule has 3 rings (SSSR count). The van der Waals surface area contributed by atoms with Gasteiger partial charge in [0.15, 0.2) is 5.78 Å². The summed E-state index contributed by atoms with van der Waals surface area (Å²) in [5.41, 5.74) is 4.44. The van der Waals surface area contributed by atoms with Crippen molar-refractivity contribution in [2.75, 3.05) is 7.11 Å². The van der Waals surface area contributed by atoms with E-state index in [2.05, 4.69) is 45.9 Å². The summed E-state index contributed by atoms with van der Waals surface area (Å²) in [4.78, 5) is 12.4. The average Bonchev–Trinajstić information content (AvgIpc) is 2.75. The lowest BCUT2D eigenvalue weighted by Gasteiger charge is -2.23. The van der Waals surface area contributed by atoms with Crippen molar-refractivity contribution in [1.82, 2.24) is 0 Å². The second kappa shape index (κ2) is 9.73. The highest BCUT2D eigenvalue weighted by atomic mass is 16.5. The van der Waals surface area contributed by atoms with Gasteiger partial charge in [0.05, 0.1) is 7.11 Å². The van der Waals surface area contributed by atoms with E-state index in [9.17, 15) is 9.90 Å². The fourth-order valence-corrected chi connectivity index (χ4v) is 3.47. The van der Waals surface area contributed by atoms with Crippen LogP contribution in [0, 0.1) is 6.92 Å². The molecule has 0 aliphatic heterocycles. The summed E-state index contributed by atoms with van der Waals surface area (Å²) < 4.78 is 11.8. The first-order valence-corrected chi connectivity index (χ1v) is 10.6. The molecule has 32 heavy (non-hydrogen) atoms. The number of carbonyl (C=O) groups is 1. The van der Waals surface area contributed by atoms with E-state index in [1.54, 1.807) is 25.3 Å². The van der Waals surface area contributed by atoms with Gasteiger partial charge in [0.25, 0.3) is 0 Å². The third kappa shape index (κ3) is 5.79. The van der Waals surface area contributed by atoms with Crippen LogP contribution in [0.25, 0.3) is 6.08 Å². The van der Waals surface area contributed by atoms with E-state index in [1.807, 2.05) is 18.2 Å². The van der Waals surface area contributed by atoms with Crippen LogP contribution in [0.1, 0.15) is 53.4 Å². The molecule has 0 heterocycles. The molecule has 0 atom stereocenters. The highest BCUT2D eigenvalue weighted by Crippen LogP contribution is 2.33. The number of aryl methyl sites for hydroxylation is 1. The van der Waals surface area contributed by atoms with E-state index >= 15 is 0 Å². The van der Waals surface area contributed by atoms with Gasteiger partial charge in [-0.25, -0.2) is 0 Å². The molecule has 3 aromatic rings. The number of rotatable bonds is 7. The first kappa shape index (κ1) is 23.1. The fraction of sp³-hybridized carbons (Fsp3) is 0.250. The van der Waals surface area contributed by atoms with Crippen molar-refractivity contribution in [2.24, 2.45) is 0 Å². The normalized spacial score (nSPS) is 11.5. The maximum absolute atomic E-state index is 12.4. The Kier molecular flexibility index (Phi) is 7.04. The number of ketones is 1. The first-order chi connectivity index (χ1) is 15.2. The molecule has 1 N–H and O–H groups in total. The Morgan fingerprint density at radius 2 is 1.78 bits per heavy atom. The summed E-state index contributed by atoms with van der Waals surface area (Å²) in [6, 6.07) is 18.3. The summed E-state index contributed by atoms with van der Waals surface area (Å²) in [6.45, 7) is 8.90. The number of methoxy groups -OCH3 is 1. The molecule has 0 fully saturated rings. The summed E-state index contributed by atoms with van der Waals surface area (Å²) >= 11 is 0. The lowest BCUT2D eigenvalue weighted by molar-refractivity contribution is 0.104. The van der Waals surface area contributed by atoms with Gasteiger partial charge >= 0.3 is 0 Å². The minimum absolute atomic E-state index is 0.0378. The van der Waals surface area contributed by atoms with Gasteiger partial charge < -0.3 is 14.6 Å². The van der Waals surface area contributed by atoms with Crippen LogP contribution in [0.5, 0.6) is 17.2 Å². The molecule has 0 radical (unpaired) electrons. The second-order valence-electron chi connectivity index (χ2n) is 8.86. The Morgan fingerprint density at radius 3 is 2.47 bits per heavy atom. The van der Waals surface area contributed by atoms with E-state index in [1.165, 1.54) is 18.2 Å². The van der Waals surface area contributed by atoms with Gasteiger partial charge in [-0.05, 0) is 65.4 Å². The molecule has 0 saturated heterocycles. The summed E-state index contributed by atoms with van der Waals surface area (Å²) in [5, 5.41) is 9.58. The minimum atomic E-state index is -0.177. The molecule has 0 bridgehead atoms. The molecule has 0 spiro atoms. The van der Waals surface area contributed by atoms with Gasteiger partial charge in [-0.3, -0.25) is 4.79 Å². The van der Waals surface area contributed by atoms with Gasteiger partial charge in [-0.15, -0.1) is 0 Å².